The summed E-state index contributed by atoms with van der Waals surface area (Å²) in [5.41, 5.74) is -4.09. The highest BCUT2D eigenvalue weighted by atomic mass is 79.9. The van der Waals surface area contributed by atoms with Gasteiger partial charge in [0.1, 0.15) is 29.2 Å². The van der Waals surface area contributed by atoms with Gasteiger partial charge in [0.15, 0.2) is 11.2 Å². The molecule has 0 aliphatic heterocycles. The number of halogens is 1. The fraction of sp³-hybridized carbons (Fsp3) is 0.179. The SMILES string of the molecule is COc1cc(=O)c2c(=O)c3c(c(=O)c=2c1=O)=C(O)[C@]1(CCc2c1c(O)c1c(=O)[nH]c(/C=N/NCC#N)cc1c2Br)C=3O. The third-order valence-electron chi connectivity index (χ3n) is 7.83. The number of aliphatic hydroxyl groups excluding tert-OH is 2. The van der Waals surface area contributed by atoms with E-state index in [1.807, 2.05) is 6.07 Å². The number of phenolic OH excluding ortho intramolecular Hbond substituents is 1. The largest absolute Gasteiger partial charge is 0.510 e. The molecule has 4 aliphatic carbocycles. The van der Waals surface area contributed by atoms with E-state index in [0.29, 0.717) is 10.0 Å². The number of phenols is 1. The molecular weight excluding hydrogens is 616 g/mol. The van der Waals surface area contributed by atoms with Gasteiger partial charge in [0.2, 0.25) is 16.3 Å². The van der Waals surface area contributed by atoms with Crippen LogP contribution in [0.1, 0.15) is 23.2 Å². The number of aromatic hydroxyl groups is 1. The average Bonchev–Trinajstić information content (AvgIpc) is 3.47. The minimum absolute atomic E-state index is 0.0672. The normalized spacial score (nSPS) is 17.4. The minimum Gasteiger partial charge on any atom is -0.510 e. The molecule has 1 atom stereocenters. The van der Waals surface area contributed by atoms with Gasteiger partial charge in [-0.15, -0.1) is 0 Å². The number of pyridine rings is 1. The number of benzene rings is 1. The number of nitrogens with zero attached hydrogens (tertiary/aromatic N) is 2. The Morgan fingerprint density at radius 3 is 2.38 bits per heavy atom. The van der Waals surface area contributed by atoms with Gasteiger partial charge in [-0.3, -0.25) is 29.4 Å². The minimum atomic E-state index is -2.02. The molecule has 0 bridgehead atoms. The Balaban J connectivity index is 1.73. The molecule has 1 aromatic heterocycles. The van der Waals surface area contributed by atoms with Gasteiger partial charge in [0.05, 0.1) is 51.3 Å². The van der Waals surface area contributed by atoms with E-state index < -0.39 is 76.6 Å². The molecular formula is C28H17BrN4O9. The van der Waals surface area contributed by atoms with Crippen LogP contribution in [0.25, 0.3) is 22.3 Å². The summed E-state index contributed by atoms with van der Waals surface area (Å²) in [4.78, 5) is 68.5. The molecule has 1 aromatic carbocycles. The monoisotopic (exact) mass is 632 g/mol. The van der Waals surface area contributed by atoms with Gasteiger partial charge in [0, 0.05) is 21.5 Å². The molecule has 5 N–H and O–H groups in total. The Kier molecular flexibility index (Phi) is 5.84. The number of H-pyrrole nitrogens is 1. The lowest BCUT2D eigenvalue weighted by Gasteiger charge is -2.27. The Morgan fingerprint density at radius 2 is 1.74 bits per heavy atom. The second-order valence-electron chi connectivity index (χ2n) is 9.78. The van der Waals surface area contributed by atoms with Crippen molar-refractivity contribution in [2.24, 2.45) is 5.10 Å². The zero-order valence-corrected chi connectivity index (χ0v) is 23.0. The lowest BCUT2D eigenvalue weighted by molar-refractivity contribution is 0.362. The van der Waals surface area contributed by atoms with Gasteiger partial charge < -0.3 is 25.0 Å². The van der Waals surface area contributed by atoms with Crippen LogP contribution in [-0.4, -0.2) is 40.2 Å². The van der Waals surface area contributed by atoms with Crippen molar-refractivity contribution >= 4 is 44.4 Å². The van der Waals surface area contributed by atoms with Gasteiger partial charge >= 0.3 is 0 Å². The summed E-state index contributed by atoms with van der Waals surface area (Å²) in [6.45, 7) is -0.0672. The van der Waals surface area contributed by atoms with Crippen LogP contribution in [0.4, 0.5) is 0 Å². The van der Waals surface area contributed by atoms with E-state index in [4.69, 9.17) is 10.00 Å². The van der Waals surface area contributed by atoms with Crippen LogP contribution in [0.15, 0.2) is 45.7 Å². The zero-order chi connectivity index (χ0) is 30.2. The van der Waals surface area contributed by atoms with Crippen LogP contribution in [0, 0.1) is 21.8 Å². The third kappa shape index (κ3) is 3.22. The van der Waals surface area contributed by atoms with E-state index in [1.54, 1.807) is 0 Å². The molecule has 210 valence electrons. The van der Waals surface area contributed by atoms with E-state index in [2.05, 4.69) is 31.4 Å². The number of aliphatic hydroxyl groups is 2. The van der Waals surface area contributed by atoms with Gasteiger partial charge in [-0.25, -0.2) is 0 Å². The predicted molar refractivity (Wildman–Crippen MR) is 152 cm³/mol. The number of aromatic amines is 1. The predicted octanol–water partition coefficient (Wildman–Crippen LogP) is -1.28. The van der Waals surface area contributed by atoms with Crippen LogP contribution in [0.2, 0.25) is 0 Å². The quantitative estimate of drug-likeness (QED) is 0.0772. The first kappa shape index (κ1) is 26.9. The fourth-order valence-electron chi connectivity index (χ4n) is 6.08. The maximum atomic E-state index is 13.6. The van der Waals surface area contributed by atoms with Gasteiger partial charge in [-0.1, -0.05) is 0 Å². The number of rotatable bonds is 4. The maximum Gasteiger partial charge on any atom is 0.260 e. The summed E-state index contributed by atoms with van der Waals surface area (Å²) < 4.78 is 5.23. The zero-order valence-electron chi connectivity index (χ0n) is 21.4. The van der Waals surface area contributed by atoms with Crippen molar-refractivity contribution in [3.8, 4) is 17.6 Å². The maximum absolute atomic E-state index is 13.6. The van der Waals surface area contributed by atoms with Crippen LogP contribution < -0.4 is 47.9 Å². The number of hydrogen-bond acceptors (Lipinski definition) is 12. The molecule has 0 saturated heterocycles. The highest BCUT2D eigenvalue weighted by molar-refractivity contribution is 9.10. The highest BCUT2D eigenvalue weighted by Crippen LogP contribution is 2.56. The van der Waals surface area contributed by atoms with Gasteiger partial charge in [-0.2, -0.15) is 10.4 Å². The average molecular weight is 633 g/mol. The van der Waals surface area contributed by atoms with Crippen molar-refractivity contribution in [2.75, 3.05) is 13.7 Å². The number of ether oxygens (including phenoxy) is 1. The molecule has 4 aliphatic rings. The number of hydrazone groups is 1. The Morgan fingerprint density at radius 1 is 1.07 bits per heavy atom. The smallest absolute Gasteiger partial charge is 0.260 e. The highest BCUT2D eigenvalue weighted by Gasteiger charge is 2.53. The number of fused-ring (bicyclic) bond motifs is 4. The molecule has 0 saturated carbocycles. The second kappa shape index (κ2) is 9.11. The topological polar surface area (TPSA) is 219 Å². The van der Waals surface area contributed by atoms with Crippen molar-refractivity contribution < 1.29 is 20.1 Å². The van der Waals surface area contributed by atoms with Crippen LogP contribution >= 0.6 is 15.9 Å². The van der Waals surface area contributed by atoms with E-state index >= 15 is 0 Å². The molecule has 0 radical (unpaired) electrons. The van der Waals surface area contributed by atoms with Crippen molar-refractivity contribution in [1.82, 2.24) is 10.4 Å². The first-order valence-corrected chi connectivity index (χ1v) is 13.1. The summed E-state index contributed by atoms with van der Waals surface area (Å²) >= 11 is 3.46. The van der Waals surface area contributed by atoms with E-state index in [0.717, 1.165) is 13.2 Å². The molecule has 2 aromatic rings. The summed E-state index contributed by atoms with van der Waals surface area (Å²) in [5, 5.41) is 44.3. The molecule has 42 heavy (non-hydrogen) atoms. The van der Waals surface area contributed by atoms with Crippen molar-refractivity contribution in [1.29, 1.82) is 5.26 Å². The molecule has 13 nitrogen and oxygen atoms in total. The van der Waals surface area contributed by atoms with Crippen LogP contribution in [0.3, 0.4) is 0 Å². The molecule has 6 rings (SSSR count). The Labute approximate surface area is 240 Å². The van der Waals surface area contributed by atoms with Crippen molar-refractivity contribution in [3.63, 3.8) is 0 Å². The van der Waals surface area contributed by atoms with E-state index in [-0.39, 0.29) is 41.4 Å². The summed E-state index contributed by atoms with van der Waals surface area (Å²) in [5.74, 6) is -2.66. The molecule has 1 heterocycles. The standard InChI is InChI=1S/C28H17BrN4O9/c1-42-13-7-12(34)15-16(21(13)35)23(37)18-17(22(15)36)25(39)28(26(18)40)3-2-10-19(28)24(38)14-11(20(10)29)6-9(33-27(14)41)8-32-31-5-4-30/h6-8,31,38-40H,2-3,5H2,1H3,(H,33,41)/b32-8+/t28-/m0/s1. The first-order chi connectivity index (χ1) is 20.0. The number of hydrogen-bond donors (Lipinski definition) is 5. The lowest BCUT2D eigenvalue weighted by Crippen LogP contribution is -2.51. The van der Waals surface area contributed by atoms with Crippen molar-refractivity contribution in [3.05, 3.63) is 106 Å². The van der Waals surface area contributed by atoms with E-state index in [9.17, 15) is 39.3 Å². The second-order valence-corrected chi connectivity index (χ2v) is 10.6. The Bertz CT molecular complexity index is 2470. The summed E-state index contributed by atoms with van der Waals surface area (Å²) in [6, 6.07) is 4.13. The van der Waals surface area contributed by atoms with Gasteiger partial charge in [0.25, 0.3) is 5.56 Å². The summed E-state index contributed by atoms with van der Waals surface area (Å²) in [6.07, 6.45) is 1.24. The molecule has 0 unspecified atom stereocenters. The number of nitrogens with one attached hydrogen (secondary N) is 2. The van der Waals surface area contributed by atoms with Crippen LogP contribution in [0.5, 0.6) is 11.5 Å². The van der Waals surface area contributed by atoms with Gasteiger partial charge in [-0.05, 0) is 40.4 Å². The number of methoxy groups -OCH3 is 1. The lowest BCUT2D eigenvalue weighted by atomic mass is 9.78. The first-order valence-electron chi connectivity index (χ1n) is 12.3. The number of aromatic nitrogens is 1. The third-order valence-corrected chi connectivity index (χ3v) is 8.74. The van der Waals surface area contributed by atoms with E-state index in [1.165, 1.54) is 12.3 Å². The number of nitriles is 1. The molecule has 1 spiro atoms. The summed E-state index contributed by atoms with van der Waals surface area (Å²) in [7, 11) is 1.11. The van der Waals surface area contributed by atoms with Crippen LogP contribution in [-0.2, 0) is 11.8 Å². The van der Waals surface area contributed by atoms with Crippen molar-refractivity contribution in [2.45, 2.75) is 18.3 Å². The molecule has 14 heteroatoms. The molecule has 0 amide bonds. The fourth-order valence-corrected chi connectivity index (χ4v) is 6.79. The Hall–Kier alpha value is -5.29. The molecule has 0 fully saturated rings.